The summed E-state index contributed by atoms with van der Waals surface area (Å²) in [6.07, 6.45) is -12.6. The van der Waals surface area contributed by atoms with Crippen molar-refractivity contribution in [2.45, 2.75) is 41.4 Å². The predicted molar refractivity (Wildman–Crippen MR) is 190 cm³/mol. The van der Waals surface area contributed by atoms with Gasteiger partial charge in [0.15, 0.2) is 30.0 Å². The van der Waals surface area contributed by atoms with Crippen molar-refractivity contribution < 1.29 is 65.9 Å². The number of aliphatic hydroxyl groups excluding tert-OH is 1. The summed E-state index contributed by atoms with van der Waals surface area (Å²) in [6.45, 7) is 0.0527. The van der Waals surface area contributed by atoms with Crippen LogP contribution in [0.3, 0.4) is 0 Å². The Morgan fingerprint density at radius 1 is 0.855 bits per heavy atom. The fourth-order valence-corrected chi connectivity index (χ4v) is 8.69. The Hall–Kier alpha value is -3.31. The normalized spacial score (nSPS) is 28.9. The van der Waals surface area contributed by atoms with Gasteiger partial charge in [0.25, 0.3) is 11.8 Å². The average Bonchev–Trinajstić information content (AvgIpc) is 3.83. The standard InChI is InChI=1S/C22H23Br4ClN10O4.2C2HF3O2/c23-7-1-9(32-13(7)25)15(38)30-3-5-6(4-31-16(39)10-2-8(24)14(26)33-10)12(27)21-11(5)22(41)17(34-19(28)36-22)37(21)20(29)35-18(21)40;2*3-2(4,5)1(6)7/h1-2,5-6,11-12,17-18,32-33,40-41H,3-4H2,(H2,29,35)(H,30,38)(H,31,39)(H3,28,34,36);2*(H,6,7)/t5-,6-,11+,12+,17+,18+,21+,22+;;/m1../s1. The van der Waals surface area contributed by atoms with Crippen LogP contribution in [0.2, 0.25) is 0 Å². The second-order valence-corrected chi connectivity index (χ2v) is 15.6. The van der Waals surface area contributed by atoms with Gasteiger partial charge in [-0.15, -0.1) is 11.6 Å². The molecular weight excluding hydrogens is 1050 g/mol. The van der Waals surface area contributed by atoms with Gasteiger partial charge in [-0.1, -0.05) is 0 Å². The van der Waals surface area contributed by atoms with Crippen LogP contribution in [0.25, 0.3) is 0 Å². The number of aliphatic hydroxyl groups is 2. The number of aliphatic imine (C=N–C) groups is 2. The average molecular weight is 1070 g/mol. The molecule has 304 valence electrons. The van der Waals surface area contributed by atoms with Gasteiger partial charge < -0.3 is 62.7 Å². The van der Waals surface area contributed by atoms with E-state index in [1.807, 2.05) is 0 Å². The molecule has 0 radical (unpaired) electrons. The maximum absolute atomic E-state index is 13.1. The minimum absolute atomic E-state index is 0.0138. The topological polar surface area (TPSA) is 297 Å². The Balaban J connectivity index is 0.000000410. The van der Waals surface area contributed by atoms with Gasteiger partial charge in [-0.3, -0.25) is 9.59 Å². The van der Waals surface area contributed by atoms with Crippen molar-refractivity contribution >= 4 is 111 Å². The molecule has 6 rings (SSSR count). The quantitative estimate of drug-likeness (QED) is 0.146. The van der Waals surface area contributed by atoms with E-state index in [9.17, 15) is 46.1 Å². The lowest BCUT2D eigenvalue weighted by atomic mass is 9.77. The van der Waals surface area contributed by atoms with E-state index >= 15 is 0 Å². The van der Waals surface area contributed by atoms with E-state index < -0.39 is 82.9 Å². The van der Waals surface area contributed by atoms with E-state index in [4.69, 9.17) is 42.9 Å². The Bertz CT molecular complexity index is 1870. The first-order valence-electron chi connectivity index (χ1n) is 14.7. The third kappa shape index (κ3) is 8.39. The molecule has 3 aliphatic heterocycles. The molecular formula is C26H25Br4ClF6N10O8. The second-order valence-electron chi connectivity index (χ2n) is 11.9. The highest BCUT2D eigenvalue weighted by molar-refractivity contribution is 9.13. The number of carbonyl (C=O) groups is 4. The number of H-pyrrole nitrogens is 2. The number of nitrogens with one attached hydrogen (secondary N) is 5. The Morgan fingerprint density at radius 2 is 1.27 bits per heavy atom. The lowest BCUT2D eigenvalue weighted by Crippen LogP contribution is -2.61. The summed E-state index contributed by atoms with van der Waals surface area (Å²) >= 11 is 20.6. The highest BCUT2D eigenvalue weighted by Gasteiger charge is 2.82. The summed E-state index contributed by atoms with van der Waals surface area (Å²) in [5.74, 6) is -8.48. The second kappa shape index (κ2) is 15.9. The third-order valence-electron chi connectivity index (χ3n) is 8.75. The lowest BCUT2D eigenvalue weighted by Gasteiger charge is -2.39. The lowest BCUT2D eigenvalue weighted by molar-refractivity contribution is -0.193. The molecule has 13 N–H and O–H groups in total. The zero-order valence-corrected chi connectivity index (χ0v) is 33.7. The van der Waals surface area contributed by atoms with Crippen LogP contribution < -0.4 is 27.4 Å². The Kier molecular flexibility index (Phi) is 12.8. The molecule has 2 aromatic rings. The Morgan fingerprint density at radius 3 is 1.65 bits per heavy atom. The van der Waals surface area contributed by atoms with Crippen molar-refractivity contribution in [1.82, 2.24) is 30.8 Å². The molecule has 0 unspecified atom stereocenters. The van der Waals surface area contributed by atoms with Crippen LogP contribution in [0.1, 0.15) is 21.0 Å². The highest BCUT2D eigenvalue weighted by atomic mass is 79.9. The summed E-state index contributed by atoms with van der Waals surface area (Å²) in [7, 11) is 0. The van der Waals surface area contributed by atoms with Crippen molar-refractivity contribution in [3.05, 3.63) is 41.7 Å². The molecule has 1 spiro atoms. The zero-order chi connectivity index (χ0) is 41.7. The van der Waals surface area contributed by atoms with Gasteiger partial charge in [-0.2, -0.15) is 26.3 Å². The smallest absolute Gasteiger partial charge is 0.475 e. The summed E-state index contributed by atoms with van der Waals surface area (Å²) < 4.78 is 66.0. The highest BCUT2D eigenvalue weighted by Crippen LogP contribution is 2.63. The summed E-state index contributed by atoms with van der Waals surface area (Å²) in [5, 5.41) is 45.4. The number of alkyl halides is 7. The first-order chi connectivity index (χ1) is 25.2. The maximum atomic E-state index is 13.1. The van der Waals surface area contributed by atoms with Crippen LogP contribution in [0, 0.1) is 17.8 Å². The van der Waals surface area contributed by atoms with Crippen LogP contribution in [0.4, 0.5) is 26.3 Å². The van der Waals surface area contributed by atoms with Crippen LogP contribution in [-0.2, 0) is 9.59 Å². The van der Waals surface area contributed by atoms with E-state index in [-0.39, 0.29) is 30.7 Å². The molecule has 18 nitrogen and oxygen atoms in total. The zero-order valence-electron chi connectivity index (χ0n) is 26.6. The van der Waals surface area contributed by atoms with Gasteiger partial charge in [0.1, 0.15) is 16.9 Å². The number of hydrogen-bond donors (Lipinski definition) is 11. The van der Waals surface area contributed by atoms with Crippen LogP contribution in [0.5, 0.6) is 0 Å². The van der Waals surface area contributed by atoms with Crippen molar-refractivity contribution in [2.24, 2.45) is 39.2 Å². The molecule has 0 aromatic carbocycles. The number of fused-ring (bicyclic) bond motifs is 3. The van der Waals surface area contributed by atoms with Gasteiger partial charge in [0.2, 0.25) is 0 Å². The number of carboxylic acids is 2. The van der Waals surface area contributed by atoms with Crippen molar-refractivity contribution in [3.8, 4) is 0 Å². The van der Waals surface area contributed by atoms with E-state index in [2.05, 4.69) is 99.6 Å². The van der Waals surface area contributed by atoms with E-state index in [1.54, 1.807) is 12.1 Å². The number of nitrogens with zero attached hydrogens (tertiary/aromatic N) is 3. The number of hydrogen-bond acceptors (Lipinski definition) is 12. The molecule has 1 saturated carbocycles. The molecule has 2 amide bonds. The number of halogens is 11. The van der Waals surface area contributed by atoms with E-state index in [0.29, 0.717) is 23.8 Å². The number of aromatic nitrogens is 2. The molecule has 2 fully saturated rings. The number of nitrogens with two attached hydrogens (primary N) is 2. The minimum Gasteiger partial charge on any atom is -0.475 e. The number of aliphatic carboxylic acids is 2. The van der Waals surface area contributed by atoms with Crippen LogP contribution in [-0.4, -0.2) is 125 Å². The van der Waals surface area contributed by atoms with Crippen molar-refractivity contribution in [2.75, 3.05) is 13.1 Å². The minimum atomic E-state index is -5.08. The third-order valence-corrected chi connectivity index (χ3v) is 13.0. The van der Waals surface area contributed by atoms with Gasteiger partial charge in [0.05, 0.1) is 23.5 Å². The van der Waals surface area contributed by atoms with Crippen molar-refractivity contribution in [3.63, 3.8) is 0 Å². The molecule has 2 aromatic heterocycles. The van der Waals surface area contributed by atoms with E-state index in [1.165, 1.54) is 4.90 Å². The van der Waals surface area contributed by atoms with Gasteiger partial charge in [0, 0.05) is 24.9 Å². The van der Waals surface area contributed by atoms with Gasteiger partial charge >= 0.3 is 24.3 Å². The number of guanidine groups is 2. The number of rotatable bonds is 6. The van der Waals surface area contributed by atoms with Crippen LogP contribution in [0.15, 0.2) is 40.3 Å². The SMILES string of the molecule is NC1=N[C@H]2N3C(N)=N[C@@H](O)[C@@]34[C@H]([C@H](CNC(=O)c3cc(Br)c(Br)[nH]3)[C@@H](CNC(=O)c3cc(Br)c(Br)[nH]3)[C@@H]4Cl)[C@@]2(O)N1.O=C(O)C(F)(F)F.O=C(O)C(F)(F)F. The molecule has 55 heavy (non-hydrogen) atoms. The predicted octanol–water partition coefficient (Wildman–Crippen LogP) is 1.92. The number of aromatic amines is 2. The molecule has 1 saturated heterocycles. The monoisotopic (exact) mass is 1070 g/mol. The summed E-state index contributed by atoms with van der Waals surface area (Å²) in [5.41, 5.74) is 9.60. The van der Waals surface area contributed by atoms with Crippen LogP contribution >= 0.6 is 75.3 Å². The molecule has 29 heteroatoms. The number of carboxylic acid groups (broad SMARTS) is 2. The van der Waals surface area contributed by atoms with Gasteiger partial charge in [-0.25, -0.2) is 19.6 Å². The summed E-state index contributed by atoms with van der Waals surface area (Å²) in [4.78, 5) is 59.9. The Labute approximate surface area is 341 Å². The molecule has 4 aliphatic rings. The molecule has 8 atom stereocenters. The molecule has 0 bridgehead atoms. The molecule has 5 heterocycles. The summed E-state index contributed by atoms with van der Waals surface area (Å²) in [6, 6.07) is 3.24. The first kappa shape index (κ1) is 44.4. The largest absolute Gasteiger partial charge is 0.490 e. The van der Waals surface area contributed by atoms with E-state index in [0.717, 1.165) is 0 Å². The van der Waals surface area contributed by atoms with Gasteiger partial charge in [-0.05, 0) is 81.8 Å². The fourth-order valence-electron chi connectivity index (χ4n) is 6.75. The number of carbonyl (C=O) groups excluding carboxylic acids is 2. The van der Waals surface area contributed by atoms with Crippen molar-refractivity contribution in [1.29, 1.82) is 0 Å². The fraction of sp³-hybridized carbons (Fsp3) is 0.462. The number of amides is 2. The first-order valence-corrected chi connectivity index (χ1v) is 18.3. The molecule has 1 aliphatic carbocycles. The maximum Gasteiger partial charge on any atom is 0.490 e.